The van der Waals surface area contributed by atoms with Crippen LogP contribution in [0.1, 0.15) is 11.5 Å². The summed E-state index contributed by atoms with van der Waals surface area (Å²) in [5, 5.41) is 3.78. The van der Waals surface area contributed by atoms with Crippen molar-refractivity contribution in [2.75, 3.05) is 7.11 Å². The van der Waals surface area contributed by atoms with Crippen LogP contribution in [0.5, 0.6) is 0 Å². The molecule has 0 aromatic carbocycles. The van der Waals surface area contributed by atoms with Crippen LogP contribution < -0.4 is 0 Å². The number of aromatic nitrogens is 1. The molecular weight excluding hydrogens is 192 g/mol. The molecule has 1 aromatic rings. The van der Waals surface area contributed by atoms with E-state index in [1.165, 1.54) is 0 Å². The van der Waals surface area contributed by atoms with Crippen LogP contribution in [0.2, 0.25) is 0 Å². The number of ether oxygens (including phenoxy) is 1. The predicted octanol–water partition coefficient (Wildman–Crippen LogP) is 2.27. The second-order valence-electron chi connectivity index (χ2n) is 2.92. The summed E-state index contributed by atoms with van der Waals surface area (Å²) in [5.74, 6) is 1.31. The van der Waals surface area contributed by atoms with Crippen molar-refractivity contribution in [3.05, 3.63) is 42.5 Å². The van der Waals surface area contributed by atoms with E-state index < -0.39 is 0 Å². The standard InChI is InChI=1S/C11H14N2O2/c1-4-5-6-12-11(14-3)8-10-7-9(2)13-15-10/h4-7H,1,8H2,2-3H3/b6-5-,12-11?. The predicted molar refractivity (Wildman–Crippen MR) is 58.7 cm³/mol. The van der Waals surface area contributed by atoms with Crippen molar-refractivity contribution in [3.8, 4) is 0 Å². The average molecular weight is 206 g/mol. The van der Waals surface area contributed by atoms with Crippen molar-refractivity contribution in [3.63, 3.8) is 0 Å². The molecule has 0 N–H and O–H groups in total. The van der Waals surface area contributed by atoms with Gasteiger partial charge in [-0.15, -0.1) is 0 Å². The number of rotatable bonds is 4. The summed E-state index contributed by atoms with van der Waals surface area (Å²) >= 11 is 0. The van der Waals surface area contributed by atoms with Gasteiger partial charge < -0.3 is 9.26 Å². The highest BCUT2D eigenvalue weighted by atomic mass is 16.5. The van der Waals surface area contributed by atoms with Crippen molar-refractivity contribution >= 4 is 5.90 Å². The number of allylic oxidation sites excluding steroid dienone is 2. The highest BCUT2D eigenvalue weighted by molar-refractivity contribution is 5.78. The summed E-state index contributed by atoms with van der Waals surface area (Å²) in [5.41, 5.74) is 0.849. The van der Waals surface area contributed by atoms with E-state index in [0.29, 0.717) is 12.3 Å². The van der Waals surface area contributed by atoms with E-state index in [4.69, 9.17) is 9.26 Å². The summed E-state index contributed by atoms with van der Waals surface area (Å²) in [6.45, 7) is 5.41. The van der Waals surface area contributed by atoms with E-state index in [-0.39, 0.29) is 0 Å². The first-order valence-electron chi connectivity index (χ1n) is 4.56. The van der Waals surface area contributed by atoms with E-state index in [9.17, 15) is 0 Å². The minimum Gasteiger partial charge on any atom is -0.484 e. The zero-order chi connectivity index (χ0) is 11.1. The second-order valence-corrected chi connectivity index (χ2v) is 2.92. The van der Waals surface area contributed by atoms with Crippen molar-refractivity contribution in [1.82, 2.24) is 5.16 Å². The number of nitrogens with zero attached hydrogens (tertiary/aromatic N) is 2. The third-order valence-corrected chi connectivity index (χ3v) is 1.68. The molecule has 0 saturated carbocycles. The Labute approximate surface area is 88.9 Å². The summed E-state index contributed by atoms with van der Waals surface area (Å²) in [4.78, 5) is 4.09. The van der Waals surface area contributed by atoms with Crippen LogP contribution in [0.3, 0.4) is 0 Å². The van der Waals surface area contributed by atoms with E-state index in [2.05, 4.69) is 16.7 Å². The molecule has 1 aromatic heterocycles. The van der Waals surface area contributed by atoms with Crippen LogP contribution in [0, 0.1) is 6.92 Å². The van der Waals surface area contributed by atoms with Gasteiger partial charge in [-0.05, 0) is 13.0 Å². The molecule has 0 aliphatic heterocycles. The van der Waals surface area contributed by atoms with Crippen LogP contribution in [0.15, 0.2) is 40.5 Å². The van der Waals surface area contributed by atoms with Gasteiger partial charge in [0.15, 0.2) is 5.90 Å². The quantitative estimate of drug-likeness (QED) is 0.431. The Balaban J connectivity index is 2.64. The van der Waals surface area contributed by atoms with E-state index in [1.807, 2.05) is 13.0 Å². The lowest BCUT2D eigenvalue weighted by Crippen LogP contribution is -2.04. The van der Waals surface area contributed by atoms with Gasteiger partial charge in [0.1, 0.15) is 5.76 Å². The van der Waals surface area contributed by atoms with E-state index in [1.54, 1.807) is 25.5 Å². The number of methoxy groups -OCH3 is 1. The third kappa shape index (κ3) is 3.81. The fourth-order valence-electron chi connectivity index (χ4n) is 1.01. The Kier molecular flexibility index (Phi) is 4.34. The molecule has 0 saturated heterocycles. The summed E-state index contributed by atoms with van der Waals surface area (Å²) in [7, 11) is 1.57. The van der Waals surface area contributed by atoms with Gasteiger partial charge in [-0.25, -0.2) is 4.99 Å². The summed E-state index contributed by atoms with van der Waals surface area (Å²) in [6, 6.07) is 1.85. The molecule has 0 atom stereocenters. The molecule has 1 rings (SSSR count). The van der Waals surface area contributed by atoms with Crippen LogP contribution >= 0.6 is 0 Å². The Morgan fingerprint density at radius 3 is 3.07 bits per heavy atom. The largest absolute Gasteiger partial charge is 0.484 e. The van der Waals surface area contributed by atoms with Gasteiger partial charge in [-0.2, -0.15) is 0 Å². The van der Waals surface area contributed by atoms with Gasteiger partial charge in [0, 0.05) is 12.3 Å². The SMILES string of the molecule is C=C/C=C\N=C(Cc1cc(C)no1)OC. The molecule has 4 heteroatoms. The Hall–Kier alpha value is -1.84. The molecule has 0 aliphatic carbocycles. The highest BCUT2D eigenvalue weighted by Crippen LogP contribution is 2.04. The maximum Gasteiger partial charge on any atom is 0.195 e. The van der Waals surface area contributed by atoms with Gasteiger partial charge in [0.05, 0.1) is 19.2 Å². The highest BCUT2D eigenvalue weighted by Gasteiger charge is 2.05. The number of aliphatic imine (C=N–C) groups is 1. The zero-order valence-corrected chi connectivity index (χ0v) is 8.93. The monoisotopic (exact) mass is 206 g/mol. The number of hydrogen-bond donors (Lipinski definition) is 0. The van der Waals surface area contributed by atoms with Gasteiger partial charge in [0.2, 0.25) is 0 Å². The minimum absolute atomic E-state index is 0.499. The molecule has 1 heterocycles. The molecular formula is C11H14N2O2. The fraction of sp³-hybridized carbons (Fsp3) is 0.273. The first-order chi connectivity index (χ1) is 7.26. The topological polar surface area (TPSA) is 47.6 Å². The third-order valence-electron chi connectivity index (χ3n) is 1.68. The number of aryl methyl sites for hydroxylation is 1. The lowest BCUT2D eigenvalue weighted by Gasteiger charge is -1.99. The molecule has 15 heavy (non-hydrogen) atoms. The van der Waals surface area contributed by atoms with E-state index >= 15 is 0 Å². The second kappa shape index (κ2) is 5.80. The Morgan fingerprint density at radius 2 is 2.53 bits per heavy atom. The molecule has 0 fully saturated rings. The number of hydrogen-bond acceptors (Lipinski definition) is 4. The molecule has 0 amide bonds. The first kappa shape index (κ1) is 11.2. The maximum atomic E-state index is 5.09. The Morgan fingerprint density at radius 1 is 1.73 bits per heavy atom. The molecule has 0 spiro atoms. The summed E-state index contributed by atoms with van der Waals surface area (Å²) < 4.78 is 10.1. The van der Waals surface area contributed by atoms with Crippen LogP contribution in [-0.4, -0.2) is 18.2 Å². The lowest BCUT2D eigenvalue weighted by molar-refractivity contribution is 0.363. The van der Waals surface area contributed by atoms with Crippen molar-refractivity contribution < 1.29 is 9.26 Å². The molecule has 0 bridgehead atoms. The van der Waals surface area contributed by atoms with Crippen molar-refractivity contribution in [2.45, 2.75) is 13.3 Å². The van der Waals surface area contributed by atoms with Gasteiger partial charge in [-0.3, -0.25) is 0 Å². The van der Waals surface area contributed by atoms with E-state index in [0.717, 1.165) is 11.5 Å². The zero-order valence-electron chi connectivity index (χ0n) is 8.93. The average Bonchev–Trinajstić information content (AvgIpc) is 2.63. The molecule has 0 aliphatic rings. The smallest absolute Gasteiger partial charge is 0.195 e. The van der Waals surface area contributed by atoms with Crippen LogP contribution in [-0.2, 0) is 11.2 Å². The molecule has 4 nitrogen and oxygen atoms in total. The summed E-state index contributed by atoms with van der Waals surface area (Å²) in [6.07, 6.45) is 5.49. The van der Waals surface area contributed by atoms with Gasteiger partial charge in [-0.1, -0.05) is 17.8 Å². The maximum absolute atomic E-state index is 5.09. The Bertz CT molecular complexity index is 378. The van der Waals surface area contributed by atoms with Gasteiger partial charge >= 0.3 is 0 Å². The van der Waals surface area contributed by atoms with Crippen molar-refractivity contribution in [2.24, 2.45) is 4.99 Å². The normalized spacial score (nSPS) is 12.0. The first-order valence-corrected chi connectivity index (χ1v) is 4.56. The molecule has 0 radical (unpaired) electrons. The fourth-order valence-corrected chi connectivity index (χ4v) is 1.01. The van der Waals surface area contributed by atoms with Crippen LogP contribution in [0.25, 0.3) is 0 Å². The van der Waals surface area contributed by atoms with Crippen molar-refractivity contribution in [1.29, 1.82) is 0 Å². The van der Waals surface area contributed by atoms with Crippen LogP contribution in [0.4, 0.5) is 0 Å². The van der Waals surface area contributed by atoms with Gasteiger partial charge in [0.25, 0.3) is 0 Å². The lowest BCUT2D eigenvalue weighted by atomic mass is 10.3. The molecule has 0 unspecified atom stereocenters. The molecule has 80 valence electrons. The minimum atomic E-state index is 0.499.